The van der Waals surface area contributed by atoms with E-state index in [1.165, 1.54) is 6.08 Å². The highest BCUT2D eigenvalue weighted by atomic mass is 79.9. The SMILES string of the molecule is N#CC1=C(c2ccccc2)/C(=C/c2ccc(-c3ccc(Br)cc3)o2)C(=O)N(C2CCS(=O)(=O)C2)C1=O. The highest BCUT2D eigenvalue weighted by Gasteiger charge is 2.45. The van der Waals surface area contributed by atoms with E-state index in [0.29, 0.717) is 17.1 Å². The van der Waals surface area contributed by atoms with E-state index in [1.54, 1.807) is 42.5 Å². The summed E-state index contributed by atoms with van der Waals surface area (Å²) in [6.45, 7) is 0. The molecule has 1 atom stereocenters. The van der Waals surface area contributed by atoms with Crippen molar-refractivity contribution in [1.29, 1.82) is 5.26 Å². The summed E-state index contributed by atoms with van der Waals surface area (Å²) >= 11 is 3.40. The van der Waals surface area contributed by atoms with E-state index in [1.807, 2.05) is 30.3 Å². The maximum atomic E-state index is 13.7. The van der Waals surface area contributed by atoms with Gasteiger partial charge in [0.25, 0.3) is 11.8 Å². The number of furan rings is 1. The van der Waals surface area contributed by atoms with Crippen molar-refractivity contribution in [1.82, 2.24) is 4.90 Å². The van der Waals surface area contributed by atoms with E-state index in [0.717, 1.165) is 14.9 Å². The monoisotopic (exact) mass is 562 g/mol. The van der Waals surface area contributed by atoms with Gasteiger partial charge in [0.15, 0.2) is 9.84 Å². The standard InChI is InChI=1S/C27H19BrN2O5S/c28-19-8-6-17(7-9-19)24-11-10-21(35-24)14-22-25(18-4-2-1-3-5-18)23(15-29)27(32)30(26(22)31)20-12-13-36(33,34)16-20/h1-11,14,20H,12-13,16H2/b22-14-. The van der Waals surface area contributed by atoms with Gasteiger partial charge in [-0.1, -0.05) is 58.4 Å². The van der Waals surface area contributed by atoms with Gasteiger partial charge in [-0.05, 0) is 42.3 Å². The van der Waals surface area contributed by atoms with Crippen LogP contribution >= 0.6 is 15.9 Å². The largest absolute Gasteiger partial charge is 0.457 e. The Balaban J connectivity index is 1.65. The van der Waals surface area contributed by atoms with E-state index < -0.39 is 27.7 Å². The normalized spacial score (nSPS) is 20.7. The number of hydrogen-bond acceptors (Lipinski definition) is 6. The molecule has 9 heteroatoms. The van der Waals surface area contributed by atoms with Crippen LogP contribution in [0.25, 0.3) is 23.0 Å². The predicted octanol–water partition coefficient (Wildman–Crippen LogP) is 4.63. The number of nitrogens with zero attached hydrogens (tertiary/aromatic N) is 2. The summed E-state index contributed by atoms with van der Waals surface area (Å²) in [5.74, 6) is -0.920. The number of benzene rings is 2. The van der Waals surface area contributed by atoms with Crippen molar-refractivity contribution in [3.63, 3.8) is 0 Å². The van der Waals surface area contributed by atoms with Gasteiger partial charge < -0.3 is 4.42 Å². The van der Waals surface area contributed by atoms with Crippen molar-refractivity contribution < 1.29 is 22.4 Å². The highest BCUT2D eigenvalue weighted by Crippen LogP contribution is 2.37. The number of carbonyl (C=O) groups excluding carboxylic acids is 2. The average Bonchev–Trinajstić information content (AvgIpc) is 3.47. The van der Waals surface area contributed by atoms with Gasteiger partial charge in [-0.2, -0.15) is 5.26 Å². The molecule has 3 heterocycles. The van der Waals surface area contributed by atoms with Gasteiger partial charge in [-0.3, -0.25) is 14.5 Å². The highest BCUT2D eigenvalue weighted by molar-refractivity contribution is 9.10. The molecule has 0 N–H and O–H groups in total. The first-order valence-electron chi connectivity index (χ1n) is 11.1. The van der Waals surface area contributed by atoms with Crippen LogP contribution < -0.4 is 0 Å². The molecule has 2 amide bonds. The summed E-state index contributed by atoms with van der Waals surface area (Å²) in [7, 11) is -3.37. The third kappa shape index (κ3) is 4.45. The van der Waals surface area contributed by atoms with Gasteiger partial charge in [0.05, 0.1) is 23.1 Å². The average molecular weight is 563 g/mol. The maximum absolute atomic E-state index is 13.7. The topological polar surface area (TPSA) is 108 Å². The molecular formula is C27H19BrN2O5S. The summed E-state index contributed by atoms with van der Waals surface area (Å²) in [5, 5.41) is 9.96. The van der Waals surface area contributed by atoms with Crippen molar-refractivity contribution in [3.05, 3.63) is 93.7 Å². The molecule has 0 bridgehead atoms. The molecule has 5 rings (SSSR count). The van der Waals surface area contributed by atoms with Gasteiger partial charge in [0.1, 0.15) is 23.2 Å². The molecule has 2 aromatic carbocycles. The van der Waals surface area contributed by atoms with Crippen LogP contribution in [0.4, 0.5) is 0 Å². The fourth-order valence-corrected chi connectivity index (χ4v) is 6.45. The second-order valence-corrected chi connectivity index (χ2v) is 11.7. The number of hydrogen-bond donors (Lipinski definition) is 0. The summed E-state index contributed by atoms with van der Waals surface area (Å²) in [6.07, 6.45) is 1.65. The molecule has 7 nitrogen and oxygen atoms in total. The number of imide groups is 1. The van der Waals surface area contributed by atoms with Crippen LogP contribution in [0.3, 0.4) is 0 Å². The Morgan fingerprint density at radius 2 is 1.69 bits per heavy atom. The van der Waals surface area contributed by atoms with Crippen molar-refractivity contribution in [2.45, 2.75) is 12.5 Å². The van der Waals surface area contributed by atoms with Crippen LogP contribution in [0.5, 0.6) is 0 Å². The van der Waals surface area contributed by atoms with Crippen LogP contribution in [0.2, 0.25) is 0 Å². The van der Waals surface area contributed by atoms with Crippen molar-refractivity contribution in [2.75, 3.05) is 11.5 Å². The van der Waals surface area contributed by atoms with E-state index in [9.17, 15) is 23.3 Å². The molecule has 36 heavy (non-hydrogen) atoms. The zero-order chi connectivity index (χ0) is 25.4. The van der Waals surface area contributed by atoms with Crippen molar-refractivity contribution in [2.24, 2.45) is 0 Å². The zero-order valence-corrected chi connectivity index (χ0v) is 21.3. The first-order valence-corrected chi connectivity index (χ1v) is 13.7. The second-order valence-electron chi connectivity index (χ2n) is 8.53. The fourth-order valence-electron chi connectivity index (χ4n) is 4.49. The Bertz CT molecular complexity index is 1580. The van der Waals surface area contributed by atoms with Crippen LogP contribution in [0.1, 0.15) is 17.7 Å². The van der Waals surface area contributed by atoms with Gasteiger partial charge in [-0.25, -0.2) is 8.42 Å². The number of nitriles is 1. The molecule has 2 aliphatic rings. The molecule has 2 aliphatic heterocycles. The molecule has 1 unspecified atom stereocenters. The Morgan fingerprint density at radius 3 is 2.33 bits per heavy atom. The molecule has 180 valence electrons. The number of rotatable bonds is 4. The van der Waals surface area contributed by atoms with Crippen molar-refractivity contribution in [3.8, 4) is 17.4 Å². The Labute approximate surface area is 216 Å². The van der Waals surface area contributed by atoms with E-state index in [-0.39, 0.29) is 34.6 Å². The van der Waals surface area contributed by atoms with E-state index in [4.69, 9.17) is 4.42 Å². The van der Waals surface area contributed by atoms with Crippen LogP contribution in [-0.2, 0) is 19.4 Å². The first kappa shape index (κ1) is 24.0. The summed E-state index contributed by atoms with van der Waals surface area (Å²) in [6, 6.07) is 20.9. The predicted molar refractivity (Wildman–Crippen MR) is 138 cm³/mol. The summed E-state index contributed by atoms with van der Waals surface area (Å²) in [5.41, 5.74) is 1.45. The quantitative estimate of drug-likeness (QED) is 0.339. The smallest absolute Gasteiger partial charge is 0.272 e. The minimum Gasteiger partial charge on any atom is -0.457 e. The van der Waals surface area contributed by atoms with Crippen LogP contribution in [0, 0.1) is 11.3 Å². The lowest BCUT2D eigenvalue weighted by Crippen LogP contribution is -2.49. The number of amides is 2. The lowest BCUT2D eigenvalue weighted by molar-refractivity contribution is -0.142. The fraction of sp³-hybridized carbons (Fsp3) is 0.148. The Kier molecular flexibility index (Phi) is 6.24. The lowest BCUT2D eigenvalue weighted by Gasteiger charge is -2.32. The molecule has 0 aliphatic carbocycles. The Hall–Kier alpha value is -3.74. The van der Waals surface area contributed by atoms with Gasteiger partial charge in [0, 0.05) is 15.6 Å². The summed E-state index contributed by atoms with van der Waals surface area (Å²) in [4.78, 5) is 28.0. The molecule has 0 spiro atoms. The van der Waals surface area contributed by atoms with Crippen LogP contribution in [-0.4, -0.2) is 42.7 Å². The minimum atomic E-state index is -3.37. The minimum absolute atomic E-state index is 0.0957. The third-order valence-corrected chi connectivity index (χ3v) is 8.47. The lowest BCUT2D eigenvalue weighted by atomic mass is 9.87. The first-order chi connectivity index (χ1) is 17.3. The molecule has 0 radical (unpaired) electrons. The van der Waals surface area contributed by atoms with Crippen molar-refractivity contribution >= 4 is 49.2 Å². The number of carbonyl (C=O) groups is 2. The van der Waals surface area contributed by atoms with E-state index >= 15 is 0 Å². The van der Waals surface area contributed by atoms with Crippen LogP contribution in [0.15, 0.2) is 86.8 Å². The molecule has 1 aromatic heterocycles. The van der Waals surface area contributed by atoms with Gasteiger partial charge >= 0.3 is 0 Å². The molecule has 1 fully saturated rings. The molecular weight excluding hydrogens is 544 g/mol. The number of sulfone groups is 1. The Morgan fingerprint density at radius 1 is 0.972 bits per heavy atom. The van der Waals surface area contributed by atoms with Gasteiger partial charge in [-0.15, -0.1) is 0 Å². The van der Waals surface area contributed by atoms with Gasteiger partial charge in [0.2, 0.25) is 0 Å². The molecule has 0 saturated carbocycles. The van der Waals surface area contributed by atoms with E-state index in [2.05, 4.69) is 15.9 Å². The summed E-state index contributed by atoms with van der Waals surface area (Å²) < 4.78 is 31.1. The maximum Gasteiger partial charge on any atom is 0.272 e. The molecule has 3 aromatic rings. The zero-order valence-electron chi connectivity index (χ0n) is 18.8. The number of halogens is 1. The third-order valence-electron chi connectivity index (χ3n) is 6.19. The second kappa shape index (κ2) is 9.37. The molecule has 1 saturated heterocycles.